The van der Waals surface area contributed by atoms with Crippen molar-refractivity contribution in [3.05, 3.63) is 91.0 Å². The fourth-order valence-corrected chi connectivity index (χ4v) is 19.7. The average molecular weight is 1220 g/mol. The van der Waals surface area contributed by atoms with Crippen LogP contribution in [-0.2, 0) is 42.7 Å². The molecule has 0 radical (unpaired) electrons. The van der Waals surface area contributed by atoms with Gasteiger partial charge < -0.3 is 53.4 Å². The molecule has 1 unspecified atom stereocenters. The van der Waals surface area contributed by atoms with E-state index in [-0.39, 0.29) is 37.3 Å². The molecule has 1 amide bonds. The van der Waals surface area contributed by atoms with Gasteiger partial charge >= 0.3 is 202 Å². The van der Waals surface area contributed by atoms with E-state index in [1.807, 2.05) is 72.5 Å². The Bertz CT molecular complexity index is 2430. The first-order valence-electron chi connectivity index (χ1n) is 32.2. The number of cyclic esters (lactones) is 1. The largest absolute Gasteiger partial charge is 0.382 e. The van der Waals surface area contributed by atoms with Gasteiger partial charge in [-0.2, -0.15) is 0 Å². The van der Waals surface area contributed by atoms with Crippen LogP contribution < -0.4 is 21.2 Å². The number of amides is 1. The predicted octanol–water partition coefficient (Wildman–Crippen LogP) is 9.33. The number of aliphatic hydroxyl groups excluding tert-OH is 1. The number of benzene rings is 3. The minimum atomic E-state index is -2.25. The first kappa shape index (κ1) is 71.0. The summed E-state index contributed by atoms with van der Waals surface area (Å²) in [5, 5.41) is 44.7. The van der Waals surface area contributed by atoms with Crippen molar-refractivity contribution in [2.24, 2.45) is 23.7 Å². The molecular formula is C69H110N3O13P. The SMILES string of the molecule is CC[C@H]1OC(=O)[C@H](C)[C@@H](C2C[C@@](C)(OC)[C@@H](O)[C@H](C)O2)[C@H](C)[C@@H](O[C@@H]2O[C@H](C)C[C@H](N(C)C)[C@H]2OC(C)=O)[C@](C)(O)C[C@@H](C)CN(C)[C@H](C)[C@@H](OC(=O)NCCCCCCCCCC[PH](c2ccccc2)(c2ccccc2)c2ccccc2)[C@]1(C)O. The first-order valence-corrected chi connectivity index (χ1v) is 34.4. The van der Waals surface area contributed by atoms with E-state index in [0.717, 1.165) is 44.7 Å². The molecule has 17 heteroatoms. The number of hydrogen-bond acceptors (Lipinski definition) is 15. The normalized spacial score (nSPS) is 34.7. The van der Waals surface area contributed by atoms with Crippen LogP contribution in [0.5, 0.6) is 0 Å². The fourth-order valence-electron chi connectivity index (χ4n) is 14.8. The number of unbranched alkanes of at least 4 members (excludes halogenated alkanes) is 7. The third-order valence-corrected chi connectivity index (χ3v) is 24.6. The second-order valence-corrected chi connectivity index (χ2v) is 30.8. The number of nitrogens with one attached hydrogen (secondary N) is 1. The van der Waals surface area contributed by atoms with Gasteiger partial charge in [-0.1, -0.05) is 27.7 Å². The van der Waals surface area contributed by atoms with E-state index in [1.54, 1.807) is 27.7 Å². The number of aliphatic hydroxyl groups is 3. The van der Waals surface area contributed by atoms with Crippen LogP contribution in [0.25, 0.3) is 0 Å². The molecule has 0 aliphatic carbocycles. The molecule has 86 heavy (non-hydrogen) atoms. The van der Waals surface area contributed by atoms with Gasteiger partial charge in [0.2, 0.25) is 0 Å². The van der Waals surface area contributed by atoms with Crippen molar-refractivity contribution < 1.29 is 62.9 Å². The van der Waals surface area contributed by atoms with Gasteiger partial charge in [0.05, 0.1) is 47.6 Å². The summed E-state index contributed by atoms with van der Waals surface area (Å²) in [7, 11) is 5.00. The molecule has 0 aromatic heterocycles. The number of carbonyl (C=O) groups is 3. The van der Waals surface area contributed by atoms with Crippen LogP contribution in [0.15, 0.2) is 91.0 Å². The smallest absolute Gasteiger partial charge is 0.137 e. The third-order valence-electron chi connectivity index (χ3n) is 19.6. The van der Waals surface area contributed by atoms with E-state index in [4.69, 9.17) is 33.2 Å². The maximum Gasteiger partial charge on any atom is 0.137 e. The molecule has 3 heterocycles. The maximum atomic E-state index is 15.1. The topological polar surface area (TPSA) is 195 Å². The van der Waals surface area contributed by atoms with Crippen LogP contribution in [0.3, 0.4) is 0 Å². The second kappa shape index (κ2) is 32.1. The summed E-state index contributed by atoms with van der Waals surface area (Å²) < 4.78 is 45.1. The summed E-state index contributed by atoms with van der Waals surface area (Å²) in [4.78, 5) is 45.8. The van der Waals surface area contributed by atoms with Crippen molar-refractivity contribution in [1.29, 1.82) is 0 Å². The van der Waals surface area contributed by atoms with Gasteiger partial charge in [0.15, 0.2) is 18.5 Å². The van der Waals surface area contributed by atoms with Gasteiger partial charge in [0, 0.05) is 39.0 Å². The molecule has 18 atom stereocenters. The fraction of sp³-hybridized carbons (Fsp3) is 0.696. The van der Waals surface area contributed by atoms with Gasteiger partial charge in [-0.3, -0.25) is 14.5 Å². The minimum Gasteiger partial charge on any atom is -0.382 e. The summed E-state index contributed by atoms with van der Waals surface area (Å²) in [6, 6.07) is 32.4. The molecule has 0 spiro atoms. The Labute approximate surface area is 516 Å². The van der Waals surface area contributed by atoms with E-state index >= 15 is 4.79 Å². The molecule has 3 aliphatic rings. The van der Waals surface area contributed by atoms with Crippen molar-refractivity contribution in [3.8, 4) is 0 Å². The van der Waals surface area contributed by atoms with Crippen LogP contribution in [0, 0.1) is 23.7 Å². The number of ether oxygens (including phenoxy) is 7. The second-order valence-electron chi connectivity index (χ2n) is 26.7. The van der Waals surface area contributed by atoms with Crippen molar-refractivity contribution in [3.63, 3.8) is 0 Å². The van der Waals surface area contributed by atoms with Crippen molar-refractivity contribution in [2.45, 2.75) is 237 Å². The molecule has 3 aliphatic heterocycles. The van der Waals surface area contributed by atoms with Gasteiger partial charge in [-0.25, -0.2) is 4.79 Å². The van der Waals surface area contributed by atoms with E-state index in [2.05, 4.69) is 96.3 Å². The number of methoxy groups -OCH3 is 1. The Balaban J connectivity index is 1.15. The summed E-state index contributed by atoms with van der Waals surface area (Å²) in [5.74, 6) is -3.80. The Kier molecular flexibility index (Phi) is 26.5. The zero-order valence-electron chi connectivity index (χ0n) is 54.7. The van der Waals surface area contributed by atoms with Crippen LogP contribution in [-0.4, -0.2) is 175 Å². The summed E-state index contributed by atoms with van der Waals surface area (Å²) in [6.07, 6.45) is 1.96. The molecule has 6 rings (SSSR count). The Morgan fingerprint density at radius 1 is 0.767 bits per heavy atom. The monoisotopic (exact) mass is 1220 g/mol. The standard InChI is InChI=1S/C69H110N3O13P/c1-16-58-69(11,78)63(85-66(76)70-40-32-21-19-17-18-20-22-33-41-86(53-34-26-23-27-35-53,54-36-28-24-29-37-54)55-38-30-25-31-39-55)50(6)72(14)45-46(2)43-67(9,77)62(84-65-60(82-52(8)73)56(71(12)13)42-47(3)80-65)48(4)59(49(5)64(75)83-58)57-44-68(10,79-15)61(74)51(7)81-57/h23-31,34-39,46-51,56-63,65,74,77-78,86H,16-22,32-33,40-45H2,1-15H3,(H,70,76)/t46-,47-,48+,49-,50-,51+,56+,57?,58-,59+,60-,61+,62-,63-,65+,67-,68-,69-/m1/s1. The predicted molar refractivity (Wildman–Crippen MR) is 343 cm³/mol. The number of carbonyl (C=O) groups excluding carboxylic acids is 3. The van der Waals surface area contributed by atoms with Gasteiger partial charge in [0.25, 0.3) is 0 Å². The van der Waals surface area contributed by atoms with Crippen molar-refractivity contribution >= 4 is 41.2 Å². The summed E-state index contributed by atoms with van der Waals surface area (Å²) >= 11 is 0. The molecule has 3 aromatic rings. The number of rotatable bonds is 22. The average Bonchev–Trinajstić information content (AvgIpc) is 3.59. The van der Waals surface area contributed by atoms with E-state index in [9.17, 15) is 24.9 Å². The van der Waals surface area contributed by atoms with E-state index < -0.39 is 115 Å². The van der Waals surface area contributed by atoms with E-state index in [1.165, 1.54) is 42.8 Å². The van der Waals surface area contributed by atoms with Crippen molar-refractivity contribution in [1.82, 2.24) is 15.1 Å². The molecule has 4 N–H and O–H groups in total. The minimum absolute atomic E-state index is 0.175. The molecule has 0 bridgehead atoms. The van der Waals surface area contributed by atoms with Crippen LogP contribution in [0.1, 0.15) is 153 Å². The zero-order valence-corrected chi connectivity index (χ0v) is 55.7. The Morgan fingerprint density at radius 2 is 1.30 bits per heavy atom. The number of alkyl carbamates (subject to hydrolysis) is 1. The molecule has 3 aromatic carbocycles. The third kappa shape index (κ3) is 17.7. The first-order chi connectivity index (χ1) is 40.7. The van der Waals surface area contributed by atoms with Crippen LogP contribution in [0.4, 0.5) is 4.79 Å². The zero-order chi connectivity index (χ0) is 63.1. The number of hydrogen-bond donors (Lipinski definition) is 4. The van der Waals surface area contributed by atoms with E-state index in [0.29, 0.717) is 19.5 Å². The number of nitrogens with zero attached hydrogens (tertiary/aromatic N) is 2. The molecule has 3 fully saturated rings. The summed E-state index contributed by atoms with van der Waals surface area (Å²) in [5.41, 5.74) is -4.58. The Morgan fingerprint density at radius 3 is 1.81 bits per heavy atom. The van der Waals surface area contributed by atoms with Gasteiger partial charge in [-0.05, 0) is 93.8 Å². The van der Waals surface area contributed by atoms with Crippen LogP contribution in [0.2, 0.25) is 0 Å². The molecule has 16 nitrogen and oxygen atoms in total. The van der Waals surface area contributed by atoms with Crippen molar-refractivity contribution in [2.75, 3.05) is 47.5 Å². The van der Waals surface area contributed by atoms with Gasteiger partial charge in [0.1, 0.15) is 17.8 Å². The Hall–Kier alpha value is -4.06. The maximum absolute atomic E-state index is 15.1. The van der Waals surface area contributed by atoms with Gasteiger partial charge in [-0.15, -0.1) is 0 Å². The molecule has 484 valence electrons. The molecule has 3 saturated heterocycles. The quantitative estimate of drug-likeness (QED) is 0.0321. The number of esters is 2. The molecule has 0 saturated carbocycles. The van der Waals surface area contributed by atoms with Crippen LogP contribution >= 0.6 is 7.26 Å². The summed E-state index contributed by atoms with van der Waals surface area (Å²) in [6.45, 7) is 20.3. The molecular weight excluding hydrogens is 1110 g/mol. The number of likely N-dealkylation sites (N-methyl/N-ethyl adjacent to an activating group) is 2.